The lowest BCUT2D eigenvalue weighted by molar-refractivity contribution is -0.121. The van der Waals surface area contributed by atoms with Gasteiger partial charge < -0.3 is 5.73 Å². The maximum Gasteiger partial charge on any atom is 0.221 e. The number of carbonyl (C=O) groups is 1. The van der Waals surface area contributed by atoms with E-state index in [1.54, 1.807) is 6.07 Å². The van der Waals surface area contributed by atoms with Crippen molar-refractivity contribution in [1.29, 1.82) is 0 Å². The van der Waals surface area contributed by atoms with Crippen molar-refractivity contribution in [2.45, 2.75) is 82.0 Å². The summed E-state index contributed by atoms with van der Waals surface area (Å²) in [5.41, 5.74) is 10.8. The summed E-state index contributed by atoms with van der Waals surface area (Å²) in [4.78, 5) is 13.4. The number of rotatable bonds is 2. The van der Waals surface area contributed by atoms with Gasteiger partial charge in [0.15, 0.2) is 0 Å². The highest BCUT2D eigenvalue weighted by atomic mass is 29.6. The van der Waals surface area contributed by atoms with Crippen LogP contribution in [0.1, 0.15) is 42.9 Å². The van der Waals surface area contributed by atoms with Crippen molar-refractivity contribution in [2.24, 2.45) is 5.73 Å². The lowest BCUT2D eigenvalue weighted by atomic mass is 9.82. The van der Waals surface area contributed by atoms with Crippen LogP contribution in [0.15, 0.2) is 17.7 Å². The molecule has 0 bridgehead atoms. The summed E-state index contributed by atoms with van der Waals surface area (Å²) in [6.07, 6.45) is 5.93. The molecule has 1 amide bonds. The molecule has 1 aromatic carbocycles. The topological polar surface area (TPSA) is 43.1 Å². The molecular formula is C22H34FNOSi3. The van der Waals surface area contributed by atoms with Gasteiger partial charge in [-0.15, -0.1) is 0 Å². The lowest BCUT2D eigenvalue weighted by Crippen LogP contribution is -2.68. The van der Waals surface area contributed by atoms with Gasteiger partial charge in [-0.25, -0.2) is 4.39 Å². The monoisotopic (exact) mass is 431 g/mol. The first-order chi connectivity index (χ1) is 12.8. The van der Waals surface area contributed by atoms with E-state index in [2.05, 4.69) is 52.3 Å². The lowest BCUT2D eigenvalue weighted by Gasteiger charge is -2.50. The van der Waals surface area contributed by atoms with Gasteiger partial charge in [0.05, 0.1) is 15.2 Å². The van der Waals surface area contributed by atoms with Crippen molar-refractivity contribution >= 4 is 34.3 Å². The van der Waals surface area contributed by atoms with E-state index in [1.165, 1.54) is 11.1 Å². The normalized spacial score (nSPS) is 34.1. The zero-order valence-electron chi connectivity index (χ0n) is 18.4. The summed E-state index contributed by atoms with van der Waals surface area (Å²) < 4.78 is 14.7. The van der Waals surface area contributed by atoms with E-state index in [1.807, 2.05) is 6.07 Å². The zero-order chi connectivity index (χ0) is 20.9. The van der Waals surface area contributed by atoms with Crippen LogP contribution < -0.4 is 5.73 Å². The van der Waals surface area contributed by atoms with E-state index in [9.17, 15) is 9.18 Å². The summed E-state index contributed by atoms with van der Waals surface area (Å²) in [7, 11) is -5.53. The van der Waals surface area contributed by atoms with Crippen LogP contribution in [0, 0.1) is 5.82 Å². The third-order valence-corrected chi connectivity index (χ3v) is 55.3. The van der Waals surface area contributed by atoms with E-state index < -0.39 is 22.3 Å². The van der Waals surface area contributed by atoms with Crippen LogP contribution in [-0.2, 0) is 16.3 Å². The number of hydrogen-bond donors (Lipinski definition) is 1. The highest BCUT2D eigenvalue weighted by molar-refractivity contribution is 7.72. The van der Waals surface area contributed by atoms with Crippen LogP contribution in [0.5, 0.6) is 0 Å². The Bertz CT molecular complexity index is 936. The Kier molecular flexibility index (Phi) is 4.04. The molecule has 152 valence electrons. The quantitative estimate of drug-likeness (QED) is 0.637. The van der Waals surface area contributed by atoms with Crippen molar-refractivity contribution < 1.29 is 9.18 Å². The van der Waals surface area contributed by atoms with Crippen molar-refractivity contribution in [3.63, 3.8) is 0 Å². The Morgan fingerprint density at radius 2 is 1.71 bits per heavy atom. The number of fused-ring (bicyclic) bond motifs is 2. The highest BCUT2D eigenvalue weighted by Crippen LogP contribution is 2.76. The highest BCUT2D eigenvalue weighted by Gasteiger charge is 2.84. The summed E-state index contributed by atoms with van der Waals surface area (Å²) in [6, 6.07) is 3.71. The standard InChI is InChI=1S/C22H34FNOSi3/c1-15-13-16-17(14-15)19(23)10-9-18(16)21-11-8-12-22(21,20(24)25)27(4,5)28(6,7)26(21,2)3/h9-10,13H,8,11-12,14H2,1-7H3,(H2,24,25). The van der Waals surface area contributed by atoms with E-state index in [-0.39, 0.29) is 21.8 Å². The smallest absolute Gasteiger partial charge is 0.221 e. The fourth-order valence-electron chi connectivity index (χ4n) is 7.86. The van der Waals surface area contributed by atoms with E-state index in [0.717, 1.165) is 30.4 Å². The second-order valence-corrected chi connectivity index (χ2v) is 39.0. The number of amides is 1. The van der Waals surface area contributed by atoms with Crippen molar-refractivity contribution in [3.05, 3.63) is 40.2 Å². The number of benzene rings is 1. The molecule has 2 aliphatic carbocycles. The molecule has 2 atom stereocenters. The van der Waals surface area contributed by atoms with Gasteiger partial charge >= 0.3 is 0 Å². The Morgan fingerprint density at radius 3 is 2.32 bits per heavy atom. The number of allylic oxidation sites excluding steroid dienone is 1. The first kappa shape index (κ1) is 20.3. The second-order valence-electron chi connectivity index (χ2n) is 11.1. The largest absolute Gasteiger partial charge is 0.369 e. The third kappa shape index (κ3) is 1.82. The summed E-state index contributed by atoms with van der Waals surface area (Å²) in [6.45, 7) is 17.2. The number of primary amides is 1. The molecule has 6 heteroatoms. The van der Waals surface area contributed by atoms with Crippen LogP contribution in [-0.4, -0.2) is 28.2 Å². The Balaban J connectivity index is 2.16. The average Bonchev–Trinajstić information content (AvgIpc) is 3.19. The van der Waals surface area contributed by atoms with Gasteiger partial charge in [0, 0.05) is 12.1 Å². The number of halogens is 1. The maximum absolute atomic E-state index is 14.7. The first-order valence-corrected chi connectivity index (χ1v) is 21.6. The molecule has 1 aromatic rings. The molecule has 2 nitrogen and oxygen atoms in total. The molecule has 2 unspecified atom stereocenters. The summed E-state index contributed by atoms with van der Waals surface area (Å²) in [5, 5.41) is -0.530. The summed E-state index contributed by atoms with van der Waals surface area (Å²) in [5.74, 6) is -0.159. The van der Waals surface area contributed by atoms with Crippen LogP contribution in [0.3, 0.4) is 0 Å². The molecule has 0 radical (unpaired) electrons. The minimum Gasteiger partial charge on any atom is -0.369 e. The van der Waals surface area contributed by atoms with Gasteiger partial charge in [0.1, 0.15) is 5.82 Å². The van der Waals surface area contributed by atoms with E-state index in [0.29, 0.717) is 6.42 Å². The molecule has 1 aliphatic heterocycles. The van der Waals surface area contributed by atoms with Crippen LogP contribution in [0.2, 0.25) is 44.3 Å². The van der Waals surface area contributed by atoms with Crippen molar-refractivity contribution in [3.8, 4) is 0 Å². The number of carbonyl (C=O) groups excluding carboxylic acids is 1. The molecule has 2 fully saturated rings. The molecule has 0 aromatic heterocycles. The third-order valence-electron chi connectivity index (χ3n) is 10.1. The molecule has 1 heterocycles. The average molecular weight is 432 g/mol. The second kappa shape index (κ2) is 5.58. The van der Waals surface area contributed by atoms with Gasteiger partial charge in [0.2, 0.25) is 5.91 Å². The molecule has 1 saturated carbocycles. The van der Waals surface area contributed by atoms with Crippen molar-refractivity contribution in [1.82, 2.24) is 0 Å². The zero-order valence-corrected chi connectivity index (χ0v) is 21.4. The minimum absolute atomic E-state index is 0.0582. The molecular weight excluding hydrogens is 398 g/mol. The van der Waals surface area contributed by atoms with Crippen molar-refractivity contribution in [2.75, 3.05) is 0 Å². The van der Waals surface area contributed by atoms with Crippen LogP contribution >= 0.6 is 0 Å². The van der Waals surface area contributed by atoms with E-state index >= 15 is 0 Å². The van der Waals surface area contributed by atoms with Gasteiger partial charge in [0.25, 0.3) is 0 Å². The molecule has 4 rings (SSSR count). The Labute approximate surface area is 171 Å². The predicted octanol–water partition coefficient (Wildman–Crippen LogP) is 5.27. The molecule has 2 N–H and O–H groups in total. The number of nitrogens with two attached hydrogens (primary N) is 1. The molecule has 0 spiro atoms. The van der Waals surface area contributed by atoms with Gasteiger partial charge in [-0.2, -0.15) is 0 Å². The minimum atomic E-state index is -1.95. The number of hydrogen-bond acceptors (Lipinski definition) is 1. The van der Waals surface area contributed by atoms with E-state index in [4.69, 9.17) is 5.73 Å². The predicted molar refractivity (Wildman–Crippen MR) is 124 cm³/mol. The van der Waals surface area contributed by atoms with Gasteiger partial charge in [-0.05, 0) is 54.0 Å². The maximum atomic E-state index is 14.7. The molecule has 3 aliphatic rings. The fourth-order valence-corrected chi connectivity index (χ4v) is 51.7. The Morgan fingerprint density at radius 1 is 1.07 bits per heavy atom. The molecule has 1 saturated heterocycles. The fraction of sp³-hybridized carbons (Fsp3) is 0.591. The van der Waals surface area contributed by atoms with Crippen LogP contribution in [0.25, 0.3) is 6.08 Å². The summed E-state index contributed by atoms with van der Waals surface area (Å²) >= 11 is 0. The first-order valence-electron chi connectivity index (χ1n) is 10.6. The SMILES string of the molecule is CC1=Cc2c(C34CCCC3(C(N)=O)[Si](C)(C)[Si](C)(C)[Si]4(C)C)ccc(F)c2C1. The van der Waals surface area contributed by atoms with Gasteiger partial charge in [-0.3, -0.25) is 4.79 Å². The molecule has 28 heavy (non-hydrogen) atoms. The van der Waals surface area contributed by atoms with Crippen LogP contribution in [0.4, 0.5) is 4.39 Å². The van der Waals surface area contributed by atoms with Gasteiger partial charge in [-0.1, -0.05) is 63.4 Å². The Hall–Kier alpha value is -0.989.